The summed E-state index contributed by atoms with van der Waals surface area (Å²) in [7, 11) is 0. The molecule has 0 radical (unpaired) electrons. The zero-order valence-electron chi connectivity index (χ0n) is 18.5. The maximum atomic E-state index is 5.54. The minimum atomic E-state index is 0. The average molecular weight is 498 g/mol. The highest BCUT2D eigenvalue weighted by molar-refractivity contribution is 14.0. The van der Waals surface area contributed by atoms with Crippen LogP contribution in [0, 0.1) is 0 Å². The molecule has 1 aliphatic heterocycles. The van der Waals surface area contributed by atoms with Crippen molar-refractivity contribution in [2.75, 3.05) is 52.5 Å². The number of ether oxygens (including phenoxy) is 1. The number of hydrogen-bond acceptors (Lipinski definition) is 4. The van der Waals surface area contributed by atoms with Crippen LogP contribution in [0.3, 0.4) is 0 Å². The van der Waals surface area contributed by atoms with E-state index in [1.54, 1.807) is 0 Å². The Morgan fingerprint density at radius 2 is 1.96 bits per heavy atom. The second kappa shape index (κ2) is 15.8. The second-order valence-corrected chi connectivity index (χ2v) is 7.44. The van der Waals surface area contributed by atoms with Gasteiger partial charge in [0.1, 0.15) is 0 Å². The fourth-order valence-electron chi connectivity index (χ4n) is 3.51. The fourth-order valence-corrected chi connectivity index (χ4v) is 3.51. The Labute approximate surface area is 184 Å². The Bertz CT molecular complexity index is 393. The van der Waals surface area contributed by atoms with Crippen LogP contribution in [0.4, 0.5) is 0 Å². The van der Waals surface area contributed by atoms with Crippen molar-refractivity contribution < 1.29 is 4.74 Å². The first-order chi connectivity index (χ1) is 12.5. The molecule has 1 rings (SSSR count). The SMILES string of the molecule is CCNC(=NCC(C)N1CCOCC1C)NC(C)CCCN(CC)CC.I. The van der Waals surface area contributed by atoms with Gasteiger partial charge in [-0.3, -0.25) is 9.89 Å². The molecule has 0 amide bonds. The van der Waals surface area contributed by atoms with Crippen LogP contribution in [0.5, 0.6) is 0 Å². The lowest BCUT2D eigenvalue weighted by molar-refractivity contribution is -0.0165. The quantitative estimate of drug-likeness (QED) is 0.261. The molecule has 1 saturated heterocycles. The lowest BCUT2D eigenvalue weighted by Crippen LogP contribution is -2.50. The van der Waals surface area contributed by atoms with Gasteiger partial charge in [-0.1, -0.05) is 13.8 Å². The maximum Gasteiger partial charge on any atom is 0.191 e. The molecule has 0 saturated carbocycles. The van der Waals surface area contributed by atoms with E-state index in [1.807, 2.05) is 0 Å². The molecule has 3 unspecified atom stereocenters. The largest absolute Gasteiger partial charge is 0.379 e. The van der Waals surface area contributed by atoms with Crippen LogP contribution in [0.25, 0.3) is 0 Å². The maximum absolute atomic E-state index is 5.54. The van der Waals surface area contributed by atoms with Gasteiger partial charge in [0.25, 0.3) is 0 Å². The molecule has 7 heteroatoms. The van der Waals surface area contributed by atoms with Crippen LogP contribution in [0.1, 0.15) is 54.4 Å². The number of guanidine groups is 1. The summed E-state index contributed by atoms with van der Waals surface area (Å²) in [6.45, 7) is 21.2. The predicted molar refractivity (Wildman–Crippen MR) is 127 cm³/mol. The molecule has 0 aromatic carbocycles. The highest BCUT2D eigenvalue weighted by Gasteiger charge is 2.23. The van der Waals surface area contributed by atoms with Gasteiger partial charge in [-0.15, -0.1) is 24.0 Å². The molecule has 2 N–H and O–H groups in total. The van der Waals surface area contributed by atoms with Crippen LogP contribution in [0.15, 0.2) is 4.99 Å². The number of nitrogens with zero attached hydrogens (tertiary/aromatic N) is 3. The van der Waals surface area contributed by atoms with Crippen molar-refractivity contribution in [2.45, 2.75) is 72.5 Å². The number of halogens is 1. The zero-order chi connectivity index (χ0) is 19.4. The van der Waals surface area contributed by atoms with Crippen LogP contribution >= 0.6 is 24.0 Å². The van der Waals surface area contributed by atoms with E-state index in [4.69, 9.17) is 9.73 Å². The van der Waals surface area contributed by atoms with Gasteiger partial charge < -0.3 is 20.3 Å². The summed E-state index contributed by atoms with van der Waals surface area (Å²) >= 11 is 0. The molecule has 0 aliphatic carbocycles. The van der Waals surface area contributed by atoms with Crippen LogP contribution in [0.2, 0.25) is 0 Å². The fraction of sp³-hybridized carbons (Fsp3) is 0.950. The molecule has 3 atom stereocenters. The summed E-state index contributed by atoms with van der Waals surface area (Å²) in [6.07, 6.45) is 2.38. The van der Waals surface area contributed by atoms with E-state index in [0.29, 0.717) is 18.1 Å². The summed E-state index contributed by atoms with van der Waals surface area (Å²) in [4.78, 5) is 9.83. The van der Waals surface area contributed by atoms with Gasteiger partial charge in [-0.05, 0) is 60.2 Å². The van der Waals surface area contributed by atoms with Gasteiger partial charge >= 0.3 is 0 Å². The molecule has 0 spiro atoms. The van der Waals surface area contributed by atoms with E-state index in [1.165, 1.54) is 13.0 Å². The molecule has 1 fully saturated rings. The third-order valence-electron chi connectivity index (χ3n) is 5.23. The van der Waals surface area contributed by atoms with E-state index >= 15 is 0 Å². The first-order valence-corrected chi connectivity index (χ1v) is 10.6. The Hall–Kier alpha value is -0.120. The van der Waals surface area contributed by atoms with E-state index in [2.05, 4.69) is 62.0 Å². The molecular formula is C20H44IN5O. The third-order valence-corrected chi connectivity index (χ3v) is 5.23. The van der Waals surface area contributed by atoms with Crippen molar-refractivity contribution in [3.8, 4) is 0 Å². The van der Waals surface area contributed by atoms with Crippen LogP contribution in [-0.2, 0) is 4.74 Å². The summed E-state index contributed by atoms with van der Waals surface area (Å²) in [5, 5.41) is 6.96. The normalized spacial score (nSPS) is 20.9. The number of hydrogen-bond donors (Lipinski definition) is 2. The summed E-state index contributed by atoms with van der Waals surface area (Å²) < 4.78 is 5.54. The monoisotopic (exact) mass is 497 g/mol. The molecule has 0 bridgehead atoms. The lowest BCUT2D eigenvalue weighted by Gasteiger charge is -2.37. The third kappa shape index (κ3) is 10.9. The Morgan fingerprint density at radius 1 is 1.26 bits per heavy atom. The highest BCUT2D eigenvalue weighted by atomic mass is 127. The summed E-state index contributed by atoms with van der Waals surface area (Å²) in [6, 6.07) is 1.34. The average Bonchev–Trinajstić information content (AvgIpc) is 2.63. The van der Waals surface area contributed by atoms with E-state index < -0.39 is 0 Å². The van der Waals surface area contributed by atoms with Crippen molar-refractivity contribution >= 4 is 29.9 Å². The van der Waals surface area contributed by atoms with Crippen molar-refractivity contribution in [1.29, 1.82) is 0 Å². The summed E-state index contributed by atoms with van der Waals surface area (Å²) in [5.41, 5.74) is 0. The van der Waals surface area contributed by atoms with Crippen molar-refractivity contribution in [1.82, 2.24) is 20.4 Å². The van der Waals surface area contributed by atoms with Crippen molar-refractivity contribution in [3.05, 3.63) is 0 Å². The van der Waals surface area contributed by atoms with E-state index in [0.717, 1.165) is 58.3 Å². The highest BCUT2D eigenvalue weighted by Crippen LogP contribution is 2.11. The minimum absolute atomic E-state index is 0. The zero-order valence-corrected chi connectivity index (χ0v) is 20.8. The first-order valence-electron chi connectivity index (χ1n) is 10.6. The number of aliphatic imine (C=N–C) groups is 1. The van der Waals surface area contributed by atoms with Gasteiger partial charge in [0.05, 0.1) is 19.8 Å². The number of morpholine rings is 1. The molecule has 1 aliphatic rings. The molecular weight excluding hydrogens is 453 g/mol. The van der Waals surface area contributed by atoms with Crippen LogP contribution < -0.4 is 10.6 Å². The molecule has 0 aromatic rings. The smallest absolute Gasteiger partial charge is 0.191 e. The molecule has 0 aromatic heterocycles. The molecule has 1 heterocycles. The standard InChI is InChI=1S/C20H43N5O.HI/c1-7-21-20(23-17(4)11-10-12-24(8-2)9-3)22-15-18(5)25-13-14-26-16-19(25)6;/h17-19H,7-16H2,1-6H3,(H2,21,22,23);1H. The van der Waals surface area contributed by atoms with E-state index in [-0.39, 0.29) is 24.0 Å². The first kappa shape index (κ1) is 26.9. The molecule has 27 heavy (non-hydrogen) atoms. The topological polar surface area (TPSA) is 52.1 Å². The minimum Gasteiger partial charge on any atom is -0.379 e. The Balaban J connectivity index is 0.00000676. The van der Waals surface area contributed by atoms with Gasteiger partial charge in [-0.2, -0.15) is 0 Å². The van der Waals surface area contributed by atoms with Crippen molar-refractivity contribution in [2.24, 2.45) is 4.99 Å². The molecule has 162 valence electrons. The number of nitrogens with one attached hydrogen (secondary N) is 2. The van der Waals surface area contributed by atoms with Gasteiger partial charge in [0.15, 0.2) is 5.96 Å². The van der Waals surface area contributed by atoms with E-state index in [9.17, 15) is 0 Å². The summed E-state index contributed by atoms with van der Waals surface area (Å²) in [5.74, 6) is 0.940. The van der Waals surface area contributed by atoms with Gasteiger partial charge in [-0.25, -0.2) is 0 Å². The lowest BCUT2D eigenvalue weighted by atomic mass is 10.1. The predicted octanol–water partition coefficient (Wildman–Crippen LogP) is 2.78. The van der Waals surface area contributed by atoms with Crippen molar-refractivity contribution in [3.63, 3.8) is 0 Å². The Morgan fingerprint density at radius 3 is 2.56 bits per heavy atom. The second-order valence-electron chi connectivity index (χ2n) is 7.44. The van der Waals surface area contributed by atoms with Gasteiger partial charge in [0, 0.05) is 31.2 Å². The Kier molecular flexibility index (Phi) is 15.7. The number of rotatable bonds is 11. The van der Waals surface area contributed by atoms with Crippen LogP contribution in [-0.4, -0.2) is 86.4 Å². The molecule has 6 nitrogen and oxygen atoms in total. The van der Waals surface area contributed by atoms with Gasteiger partial charge in [0.2, 0.25) is 0 Å².